The molecule has 0 saturated heterocycles. The summed E-state index contributed by atoms with van der Waals surface area (Å²) in [6.07, 6.45) is 0. The number of benzene rings is 1. The highest BCUT2D eigenvalue weighted by Crippen LogP contribution is 2.27. The van der Waals surface area contributed by atoms with E-state index in [0.717, 1.165) is 15.8 Å². The van der Waals surface area contributed by atoms with Crippen molar-refractivity contribution in [2.24, 2.45) is 0 Å². The minimum absolute atomic E-state index is 0.0482. The maximum absolute atomic E-state index is 11.8. The molecule has 0 aliphatic rings. The maximum atomic E-state index is 11.8. The van der Waals surface area contributed by atoms with Crippen LogP contribution in [0, 0.1) is 0 Å². The van der Waals surface area contributed by atoms with Crippen molar-refractivity contribution in [1.82, 2.24) is 0 Å². The molecule has 0 radical (unpaired) electrons. The number of carboxylic acids is 1. The van der Waals surface area contributed by atoms with E-state index < -0.39 is 12.0 Å². The van der Waals surface area contributed by atoms with Crippen LogP contribution in [0.5, 0.6) is 0 Å². The van der Waals surface area contributed by atoms with Crippen LogP contribution >= 0.6 is 38.9 Å². The highest BCUT2D eigenvalue weighted by atomic mass is 79.9. The third-order valence-corrected chi connectivity index (χ3v) is 3.94. The Labute approximate surface area is 131 Å². The maximum Gasteiger partial charge on any atom is 0.338 e. The number of rotatable bonds is 3. The SMILES string of the molecule is O=C(Nc1ccc(Br)cc1Cl)Nc1sccc1C(=O)O. The lowest BCUT2D eigenvalue weighted by Crippen LogP contribution is -2.20. The number of urea groups is 1. The molecule has 3 N–H and O–H groups in total. The van der Waals surface area contributed by atoms with Gasteiger partial charge in [-0.25, -0.2) is 9.59 Å². The normalized spacial score (nSPS) is 10.1. The number of aromatic carboxylic acids is 1. The first-order valence-corrected chi connectivity index (χ1v) is 7.36. The number of nitrogens with one attached hydrogen (secondary N) is 2. The number of carboxylic acid groups (broad SMARTS) is 1. The summed E-state index contributed by atoms with van der Waals surface area (Å²) in [5.74, 6) is -1.09. The second-order valence-corrected chi connectivity index (χ2v) is 5.91. The van der Waals surface area contributed by atoms with Crippen molar-refractivity contribution in [2.45, 2.75) is 0 Å². The molecule has 0 aliphatic heterocycles. The van der Waals surface area contributed by atoms with Gasteiger partial charge in [-0.1, -0.05) is 27.5 Å². The Morgan fingerprint density at radius 2 is 2.00 bits per heavy atom. The van der Waals surface area contributed by atoms with Gasteiger partial charge >= 0.3 is 12.0 Å². The number of hydrogen-bond donors (Lipinski definition) is 3. The molecule has 1 aromatic carbocycles. The average molecular weight is 376 g/mol. The summed E-state index contributed by atoms with van der Waals surface area (Å²) in [7, 11) is 0. The number of halogens is 2. The number of thiophene rings is 1. The summed E-state index contributed by atoms with van der Waals surface area (Å²) >= 11 is 10.4. The van der Waals surface area contributed by atoms with Gasteiger partial charge in [-0.15, -0.1) is 11.3 Å². The lowest BCUT2D eigenvalue weighted by Gasteiger charge is -2.08. The highest BCUT2D eigenvalue weighted by molar-refractivity contribution is 9.10. The molecule has 2 amide bonds. The van der Waals surface area contributed by atoms with Crippen molar-refractivity contribution >= 4 is 61.6 Å². The predicted octanol–water partition coefficient (Wildman–Crippen LogP) is 4.51. The van der Waals surface area contributed by atoms with Crippen LogP contribution in [0.3, 0.4) is 0 Å². The first-order chi connectivity index (χ1) is 9.47. The summed E-state index contributed by atoms with van der Waals surface area (Å²) in [6.45, 7) is 0. The van der Waals surface area contributed by atoms with Crippen LogP contribution in [0.15, 0.2) is 34.1 Å². The fourth-order valence-electron chi connectivity index (χ4n) is 1.42. The molecule has 104 valence electrons. The first-order valence-electron chi connectivity index (χ1n) is 5.31. The highest BCUT2D eigenvalue weighted by Gasteiger charge is 2.14. The Hall–Kier alpha value is -1.57. The number of amides is 2. The smallest absolute Gasteiger partial charge is 0.338 e. The van der Waals surface area contributed by atoms with Crippen molar-refractivity contribution in [3.63, 3.8) is 0 Å². The van der Waals surface area contributed by atoms with E-state index in [4.69, 9.17) is 16.7 Å². The average Bonchev–Trinajstić information content (AvgIpc) is 2.81. The van der Waals surface area contributed by atoms with E-state index in [1.165, 1.54) is 6.07 Å². The Balaban J connectivity index is 2.09. The van der Waals surface area contributed by atoms with Gasteiger partial charge in [0.25, 0.3) is 0 Å². The van der Waals surface area contributed by atoms with Crippen LogP contribution in [-0.2, 0) is 0 Å². The monoisotopic (exact) mass is 374 g/mol. The molecule has 20 heavy (non-hydrogen) atoms. The number of carbonyl (C=O) groups is 2. The van der Waals surface area contributed by atoms with Gasteiger partial charge in [0.15, 0.2) is 0 Å². The van der Waals surface area contributed by atoms with Crippen molar-refractivity contribution in [2.75, 3.05) is 10.6 Å². The van der Waals surface area contributed by atoms with Crippen LogP contribution in [-0.4, -0.2) is 17.1 Å². The quantitative estimate of drug-likeness (QED) is 0.738. The summed E-state index contributed by atoms with van der Waals surface area (Å²) in [5.41, 5.74) is 0.479. The molecular formula is C12H8BrClN2O3S. The summed E-state index contributed by atoms with van der Waals surface area (Å²) < 4.78 is 0.792. The summed E-state index contributed by atoms with van der Waals surface area (Å²) in [4.78, 5) is 22.7. The largest absolute Gasteiger partial charge is 0.478 e. The molecular weight excluding hydrogens is 368 g/mol. The zero-order valence-electron chi connectivity index (χ0n) is 9.81. The minimum atomic E-state index is -1.09. The van der Waals surface area contributed by atoms with Crippen LogP contribution in [0.2, 0.25) is 5.02 Å². The second-order valence-electron chi connectivity index (χ2n) is 3.67. The van der Waals surface area contributed by atoms with Crippen LogP contribution in [0.4, 0.5) is 15.5 Å². The van der Waals surface area contributed by atoms with Gasteiger partial charge in [0.1, 0.15) is 5.00 Å². The topological polar surface area (TPSA) is 78.4 Å². The van der Waals surface area contributed by atoms with Gasteiger partial charge in [-0.2, -0.15) is 0 Å². The molecule has 0 unspecified atom stereocenters. The van der Waals surface area contributed by atoms with E-state index in [1.54, 1.807) is 23.6 Å². The molecule has 0 spiro atoms. The minimum Gasteiger partial charge on any atom is -0.478 e. The molecule has 2 aromatic rings. The molecule has 0 aliphatic carbocycles. The van der Waals surface area contributed by atoms with Gasteiger partial charge in [0.05, 0.1) is 16.3 Å². The van der Waals surface area contributed by atoms with Gasteiger partial charge in [-0.05, 0) is 29.6 Å². The second kappa shape index (κ2) is 6.25. The van der Waals surface area contributed by atoms with Crippen molar-refractivity contribution in [3.05, 3.63) is 44.7 Å². The fourth-order valence-corrected chi connectivity index (χ4v) is 2.92. The van der Waals surface area contributed by atoms with E-state index in [9.17, 15) is 9.59 Å². The van der Waals surface area contributed by atoms with Crippen LogP contribution in [0.25, 0.3) is 0 Å². The van der Waals surface area contributed by atoms with E-state index in [-0.39, 0.29) is 10.6 Å². The van der Waals surface area contributed by atoms with Crippen molar-refractivity contribution < 1.29 is 14.7 Å². The third kappa shape index (κ3) is 3.50. The Morgan fingerprint density at radius 3 is 2.65 bits per heavy atom. The Bertz CT molecular complexity index is 674. The van der Waals surface area contributed by atoms with E-state index >= 15 is 0 Å². The van der Waals surface area contributed by atoms with Gasteiger partial charge in [-0.3, -0.25) is 5.32 Å². The zero-order chi connectivity index (χ0) is 14.7. The van der Waals surface area contributed by atoms with E-state index in [2.05, 4.69) is 26.6 Å². The number of carbonyl (C=O) groups excluding carboxylic acids is 1. The van der Waals surface area contributed by atoms with E-state index in [1.807, 2.05) is 0 Å². The van der Waals surface area contributed by atoms with Crippen LogP contribution in [0.1, 0.15) is 10.4 Å². The van der Waals surface area contributed by atoms with E-state index in [0.29, 0.717) is 10.7 Å². The zero-order valence-corrected chi connectivity index (χ0v) is 13.0. The molecule has 0 atom stereocenters. The van der Waals surface area contributed by atoms with Gasteiger partial charge in [0.2, 0.25) is 0 Å². The molecule has 0 saturated carbocycles. The lowest BCUT2D eigenvalue weighted by molar-refractivity contribution is 0.0698. The molecule has 1 heterocycles. The molecule has 0 bridgehead atoms. The first kappa shape index (κ1) is 14.8. The number of anilines is 2. The Morgan fingerprint density at radius 1 is 1.25 bits per heavy atom. The predicted molar refractivity (Wildman–Crippen MR) is 83.1 cm³/mol. The molecule has 2 rings (SSSR count). The Kier molecular flexibility index (Phi) is 4.64. The van der Waals surface area contributed by atoms with Gasteiger partial charge in [0, 0.05) is 4.47 Å². The summed E-state index contributed by atoms with van der Waals surface area (Å²) in [6, 6.07) is 5.88. The number of hydrogen-bond acceptors (Lipinski definition) is 3. The molecule has 5 nitrogen and oxygen atoms in total. The lowest BCUT2D eigenvalue weighted by atomic mass is 10.3. The van der Waals surface area contributed by atoms with Crippen molar-refractivity contribution in [1.29, 1.82) is 0 Å². The standard InChI is InChI=1S/C12H8BrClN2O3S/c13-6-1-2-9(8(14)5-6)15-12(19)16-10-7(11(17)18)3-4-20-10/h1-5H,(H,17,18)(H2,15,16,19). The van der Waals surface area contributed by atoms with Crippen molar-refractivity contribution in [3.8, 4) is 0 Å². The fraction of sp³-hybridized carbons (Fsp3) is 0. The third-order valence-electron chi connectivity index (χ3n) is 2.30. The molecule has 1 aromatic heterocycles. The van der Waals surface area contributed by atoms with Gasteiger partial charge < -0.3 is 10.4 Å². The molecule has 8 heteroatoms. The molecule has 0 fully saturated rings. The summed E-state index contributed by atoms with van der Waals surface area (Å²) in [5, 5.41) is 16.2. The van der Waals surface area contributed by atoms with Crippen LogP contribution < -0.4 is 10.6 Å².